The number of carbonyl (C=O) groups is 2. The van der Waals surface area contributed by atoms with Crippen molar-refractivity contribution in [2.24, 2.45) is 0 Å². The molecule has 2 N–H and O–H groups in total. The van der Waals surface area contributed by atoms with Crippen LogP contribution in [-0.4, -0.2) is 44.0 Å². The van der Waals surface area contributed by atoms with Crippen molar-refractivity contribution in [2.45, 2.75) is 6.61 Å². The summed E-state index contributed by atoms with van der Waals surface area (Å²) in [6.45, 7) is -3.03. The number of anilines is 2. The molecule has 0 saturated heterocycles. The van der Waals surface area contributed by atoms with Gasteiger partial charge in [0.15, 0.2) is 0 Å². The van der Waals surface area contributed by atoms with Gasteiger partial charge in [0.05, 0.1) is 11.6 Å². The normalized spacial score (nSPS) is 10.4. The van der Waals surface area contributed by atoms with E-state index in [-0.39, 0.29) is 29.1 Å². The monoisotopic (exact) mass is 397 g/mol. The summed E-state index contributed by atoms with van der Waals surface area (Å²) in [4.78, 5) is 25.3. The summed E-state index contributed by atoms with van der Waals surface area (Å²) in [6, 6.07) is 10.6. The highest BCUT2D eigenvalue weighted by molar-refractivity contribution is 6.32. The van der Waals surface area contributed by atoms with Crippen LogP contribution in [0, 0.1) is 0 Å². The smallest absolute Gasteiger partial charge is 0.387 e. The van der Waals surface area contributed by atoms with E-state index >= 15 is 0 Å². The summed E-state index contributed by atoms with van der Waals surface area (Å²) in [5.41, 5.74) is 1.52. The van der Waals surface area contributed by atoms with Crippen LogP contribution in [0.15, 0.2) is 42.5 Å². The van der Waals surface area contributed by atoms with Gasteiger partial charge in [-0.15, -0.1) is 0 Å². The second-order valence-corrected chi connectivity index (χ2v) is 6.11. The van der Waals surface area contributed by atoms with Gasteiger partial charge in [0.1, 0.15) is 5.75 Å². The minimum absolute atomic E-state index is 0.00172. The molecule has 0 heterocycles. The Labute approximate surface area is 160 Å². The van der Waals surface area contributed by atoms with Crippen LogP contribution in [0.5, 0.6) is 5.75 Å². The molecule has 9 heteroatoms. The van der Waals surface area contributed by atoms with Crippen molar-refractivity contribution in [3.63, 3.8) is 0 Å². The Hall–Kier alpha value is -2.87. The molecular formula is C18H18ClF2N3O3. The standard InChI is InChI=1S/C18H18ClF2N3O3/c1-24(2)17(26)11-3-5-12(6-4-11)23-16(25)10-22-13-7-8-15(14(19)9-13)27-18(20)21/h3-9,18,22H,10H2,1-2H3,(H,23,25). The lowest BCUT2D eigenvalue weighted by Crippen LogP contribution is -2.23. The van der Waals surface area contributed by atoms with Crippen LogP contribution in [0.2, 0.25) is 5.02 Å². The number of rotatable bonds is 7. The van der Waals surface area contributed by atoms with E-state index in [2.05, 4.69) is 15.4 Å². The predicted molar refractivity (Wildman–Crippen MR) is 99.7 cm³/mol. The third-order valence-electron chi connectivity index (χ3n) is 3.42. The third kappa shape index (κ3) is 6.10. The topological polar surface area (TPSA) is 70.7 Å². The molecule has 0 aliphatic carbocycles. The van der Waals surface area contributed by atoms with Gasteiger partial charge in [0, 0.05) is 31.0 Å². The summed E-state index contributed by atoms with van der Waals surface area (Å²) in [7, 11) is 3.31. The predicted octanol–water partition coefficient (Wildman–Crippen LogP) is 3.69. The van der Waals surface area contributed by atoms with Crippen molar-refractivity contribution in [3.05, 3.63) is 53.1 Å². The number of hydrogen-bond donors (Lipinski definition) is 2. The SMILES string of the molecule is CN(C)C(=O)c1ccc(NC(=O)CNc2ccc(OC(F)F)c(Cl)c2)cc1. The first-order valence-electron chi connectivity index (χ1n) is 7.86. The summed E-state index contributed by atoms with van der Waals surface area (Å²) in [6.07, 6.45) is 0. The fraction of sp³-hybridized carbons (Fsp3) is 0.222. The van der Waals surface area contributed by atoms with Crippen molar-refractivity contribution >= 4 is 34.8 Å². The molecule has 0 fully saturated rings. The van der Waals surface area contributed by atoms with Gasteiger partial charge in [-0.25, -0.2) is 0 Å². The first-order valence-corrected chi connectivity index (χ1v) is 8.24. The van der Waals surface area contributed by atoms with E-state index in [1.807, 2.05) is 0 Å². The van der Waals surface area contributed by atoms with E-state index in [1.54, 1.807) is 38.4 Å². The highest BCUT2D eigenvalue weighted by Crippen LogP contribution is 2.28. The molecule has 6 nitrogen and oxygen atoms in total. The molecule has 0 aliphatic heterocycles. The Bertz CT molecular complexity index is 814. The quantitative estimate of drug-likeness (QED) is 0.747. The number of alkyl halides is 2. The molecule has 2 rings (SSSR count). The van der Waals surface area contributed by atoms with Gasteiger partial charge in [-0.05, 0) is 42.5 Å². The lowest BCUT2D eigenvalue weighted by molar-refractivity contribution is -0.114. The summed E-state index contributed by atoms with van der Waals surface area (Å²) >= 11 is 5.85. The molecule has 0 aromatic heterocycles. The van der Waals surface area contributed by atoms with Crippen molar-refractivity contribution in [1.29, 1.82) is 0 Å². The van der Waals surface area contributed by atoms with Gasteiger partial charge >= 0.3 is 6.61 Å². The molecule has 2 aromatic carbocycles. The summed E-state index contributed by atoms with van der Waals surface area (Å²) in [5, 5.41) is 5.51. The molecule has 0 spiro atoms. The average Bonchev–Trinajstić information content (AvgIpc) is 2.61. The van der Waals surface area contributed by atoms with E-state index in [4.69, 9.17) is 11.6 Å². The lowest BCUT2D eigenvalue weighted by Gasteiger charge is -2.12. The number of nitrogens with one attached hydrogen (secondary N) is 2. The first-order chi connectivity index (χ1) is 12.8. The molecule has 2 aromatic rings. The van der Waals surface area contributed by atoms with Crippen LogP contribution in [0.4, 0.5) is 20.2 Å². The third-order valence-corrected chi connectivity index (χ3v) is 3.72. The van der Waals surface area contributed by atoms with Crippen LogP contribution in [-0.2, 0) is 4.79 Å². The molecule has 27 heavy (non-hydrogen) atoms. The Morgan fingerprint density at radius 3 is 2.30 bits per heavy atom. The van der Waals surface area contributed by atoms with Crippen molar-refractivity contribution in [2.75, 3.05) is 31.3 Å². The van der Waals surface area contributed by atoms with E-state index < -0.39 is 6.61 Å². The minimum Gasteiger partial charge on any atom is -0.433 e. The highest BCUT2D eigenvalue weighted by atomic mass is 35.5. The second kappa shape index (κ2) is 9.18. The van der Waals surface area contributed by atoms with Crippen molar-refractivity contribution in [1.82, 2.24) is 4.90 Å². The van der Waals surface area contributed by atoms with Crippen molar-refractivity contribution < 1.29 is 23.1 Å². The Morgan fingerprint density at radius 1 is 1.11 bits per heavy atom. The van der Waals surface area contributed by atoms with Gasteiger partial charge in [0.25, 0.3) is 5.91 Å². The zero-order chi connectivity index (χ0) is 20.0. The Kier molecular flexibility index (Phi) is 6.95. The minimum atomic E-state index is -2.97. The molecule has 0 aliphatic rings. The number of carbonyl (C=O) groups excluding carboxylic acids is 2. The zero-order valence-corrected chi connectivity index (χ0v) is 15.4. The molecule has 144 valence electrons. The maximum Gasteiger partial charge on any atom is 0.387 e. The van der Waals surface area contributed by atoms with Crippen LogP contribution in [0.25, 0.3) is 0 Å². The number of halogens is 3. The van der Waals surface area contributed by atoms with E-state index in [0.29, 0.717) is 16.9 Å². The number of ether oxygens (including phenoxy) is 1. The number of benzene rings is 2. The Morgan fingerprint density at radius 2 is 1.74 bits per heavy atom. The summed E-state index contributed by atoms with van der Waals surface area (Å²) < 4.78 is 28.6. The molecule has 2 amide bonds. The van der Waals surface area contributed by atoms with Gasteiger partial charge in [-0.3, -0.25) is 9.59 Å². The van der Waals surface area contributed by atoms with Crippen LogP contribution in [0.1, 0.15) is 10.4 Å². The fourth-order valence-corrected chi connectivity index (χ4v) is 2.37. The van der Waals surface area contributed by atoms with Crippen molar-refractivity contribution in [3.8, 4) is 5.75 Å². The first kappa shape index (κ1) is 20.4. The van der Waals surface area contributed by atoms with Gasteiger partial charge < -0.3 is 20.3 Å². The maximum absolute atomic E-state index is 12.2. The number of hydrogen-bond acceptors (Lipinski definition) is 4. The van der Waals surface area contributed by atoms with Gasteiger partial charge in [0.2, 0.25) is 5.91 Å². The molecular weight excluding hydrogens is 380 g/mol. The lowest BCUT2D eigenvalue weighted by atomic mass is 10.2. The molecule has 0 atom stereocenters. The Balaban J connectivity index is 1.89. The second-order valence-electron chi connectivity index (χ2n) is 5.70. The molecule has 0 bridgehead atoms. The molecule has 0 saturated carbocycles. The van der Waals surface area contributed by atoms with E-state index in [1.165, 1.54) is 23.1 Å². The maximum atomic E-state index is 12.2. The molecule has 0 radical (unpaired) electrons. The molecule has 0 unspecified atom stereocenters. The number of amides is 2. The van der Waals surface area contributed by atoms with Gasteiger partial charge in [-0.2, -0.15) is 8.78 Å². The van der Waals surface area contributed by atoms with Gasteiger partial charge in [-0.1, -0.05) is 11.6 Å². The van der Waals surface area contributed by atoms with Crippen LogP contribution in [0.3, 0.4) is 0 Å². The average molecular weight is 398 g/mol. The fourth-order valence-electron chi connectivity index (χ4n) is 2.14. The highest BCUT2D eigenvalue weighted by Gasteiger charge is 2.10. The van der Waals surface area contributed by atoms with Crippen LogP contribution >= 0.6 is 11.6 Å². The zero-order valence-electron chi connectivity index (χ0n) is 14.6. The van der Waals surface area contributed by atoms with E-state index in [9.17, 15) is 18.4 Å². The number of nitrogens with zero attached hydrogens (tertiary/aromatic N) is 1. The van der Waals surface area contributed by atoms with Crippen LogP contribution < -0.4 is 15.4 Å². The van der Waals surface area contributed by atoms with E-state index in [0.717, 1.165) is 0 Å². The largest absolute Gasteiger partial charge is 0.433 e. The summed E-state index contributed by atoms with van der Waals surface area (Å²) in [5.74, 6) is -0.606.